The molecule has 0 saturated carbocycles. The normalized spacial score (nSPS) is 11.4. The first-order valence-electron chi connectivity index (χ1n) is 6.84. The SMILES string of the molecule is CCNC(C)(C)C(=O)Nc1cc(-n2cnnn2)ccc1C. The lowest BCUT2D eigenvalue weighted by Crippen LogP contribution is -2.49. The summed E-state index contributed by atoms with van der Waals surface area (Å²) in [7, 11) is 0. The molecule has 0 saturated heterocycles. The van der Waals surface area contributed by atoms with Crippen LogP contribution in [0.2, 0.25) is 0 Å². The van der Waals surface area contributed by atoms with Crippen molar-refractivity contribution in [3.8, 4) is 5.69 Å². The molecular formula is C14H20N6O. The van der Waals surface area contributed by atoms with Gasteiger partial charge in [0, 0.05) is 5.69 Å². The van der Waals surface area contributed by atoms with E-state index in [1.807, 2.05) is 45.9 Å². The number of nitrogens with zero attached hydrogens (tertiary/aromatic N) is 4. The molecule has 0 radical (unpaired) electrons. The van der Waals surface area contributed by atoms with Crippen LogP contribution >= 0.6 is 0 Å². The maximum Gasteiger partial charge on any atom is 0.244 e. The predicted octanol–water partition coefficient (Wildman–Crippen LogP) is 1.30. The summed E-state index contributed by atoms with van der Waals surface area (Å²) >= 11 is 0. The predicted molar refractivity (Wildman–Crippen MR) is 80.3 cm³/mol. The quantitative estimate of drug-likeness (QED) is 0.866. The van der Waals surface area contributed by atoms with Crippen molar-refractivity contribution in [3.63, 3.8) is 0 Å². The summed E-state index contributed by atoms with van der Waals surface area (Å²) in [5.74, 6) is -0.0821. The van der Waals surface area contributed by atoms with Crippen molar-refractivity contribution < 1.29 is 4.79 Å². The number of aryl methyl sites for hydroxylation is 1. The second kappa shape index (κ2) is 6.01. The van der Waals surface area contributed by atoms with Crippen LogP contribution < -0.4 is 10.6 Å². The van der Waals surface area contributed by atoms with Gasteiger partial charge in [-0.2, -0.15) is 0 Å². The summed E-state index contributed by atoms with van der Waals surface area (Å²) in [6.45, 7) is 8.35. The summed E-state index contributed by atoms with van der Waals surface area (Å²) in [5, 5.41) is 17.2. The molecule has 0 aliphatic carbocycles. The fourth-order valence-electron chi connectivity index (χ4n) is 1.97. The smallest absolute Gasteiger partial charge is 0.244 e. The molecule has 21 heavy (non-hydrogen) atoms. The van der Waals surface area contributed by atoms with Gasteiger partial charge >= 0.3 is 0 Å². The highest BCUT2D eigenvalue weighted by Gasteiger charge is 2.26. The average molecular weight is 288 g/mol. The highest BCUT2D eigenvalue weighted by Crippen LogP contribution is 2.20. The molecule has 112 valence electrons. The fourth-order valence-corrected chi connectivity index (χ4v) is 1.97. The Morgan fingerprint density at radius 2 is 2.14 bits per heavy atom. The Hall–Kier alpha value is -2.28. The first-order chi connectivity index (χ1) is 9.94. The van der Waals surface area contributed by atoms with Gasteiger partial charge in [0.1, 0.15) is 6.33 Å². The summed E-state index contributed by atoms with van der Waals surface area (Å²) in [4.78, 5) is 12.4. The molecule has 1 heterocycles. The minimum absolute atomic E-state index is 0.0821. The number of hydrogen-bond acceptors (Lipinski definition) is 5. The van der Waals surface area contributed by atoms with Gasteiger partial charge in [-0.05, 0) is 55.4 Å². The van der Waals surface area contributed by atoms with E-state index in [4.69, 9.17) is 0 Å². The Morgan fingerprint density at radius 1 is 1.38 bits per heavy atom. The Labute approximate surface area is 123 Å². The molecule has 2 aromatic rings. The highest BCUT2D eigenvalue weighted by molar-refractivity contribution is 5.98. The number of nitrogens with one attached hydrogen (secondary N) is 2. The Bertz CT molecular complexity index is 620. The number of anilines is 1. The lowest BCUT2D eigenvalue weighted by molar-refractivity contribution is -0.121. The van der Waals surface area contributed by atoms with E-state index in [-0.39, 0.29) is 5.91 Å². The van der Waals surface area contributed by atoms with Crippen molar-refractivity contribution in [1.29, 1.82) is 0 Å². The molecule has 1 amide bonds. The van der Waals surface area contributed by atoms with Gasteiger partial charge < -0.3 is 10.6 Å². The molecule has 0 aliphatic heterocycles. The van der Waals surface area contributed by atoms with Gasteiger partial charge in [0.05, 0.1) is 11.2 Å². The topological polar surface area (TPSA) is 84.7 Å². The molecule has 2 rings (SSSR count). The molecule has 7 heteroatoms. The maximum atomic E-state index is 12.4. The van der Waals surface area contributed by atoms with Crippen LogP contribution in [0, 0.1) is 6.92 Å². The maximum absolute atomic E-state index is 12.4. The molecular weight excluding hydrogens is 268 g/mol. The molecule has 7 nitrogen and oxygen atoms in total. The fraction of sp³-hybridized carbons (Fsp3) is 0.429. The van der Waals surface area contributed by atoms with E-state index in [2.05, 4.69) is 26.2 Å². The van der Waals surface area contributed by atoms with Gasteiger partial charge in [0.2, 0.25) is 5.91 Å². The van der Waals surface area contributed by atoms with Gasteiger partial charge in [-0.1, -0.05) is 13.0 Å². The number of tetrazole rings is 1. The molecule has 0 spiro atoms. The molecule has 0 unspecified atom stereocenters. The number of likely N-dealkylation sites (N-methyl/N-ethyl adjacent to an activating group) is 1. The number of rotatable bonds is 5. The van der Waals surface area contributed by atoms with Crippen molar-refractivity contribution in [2.24, 2.45) is 0 Å². The van der Waals surface area contributed by atoms with Crippen LogP contribution in [0.3, 0.4) is 0 Å². The third-order valence-corrected chi connectivity index (χ3v) is 3.27. The first-order valence-corrected chi connectivity index (χ1v) is 6.84. The minimum Gasteiger partial charge on any atom is -0.324 e. The van der Waals surface area contributed by atoms with Crippen LogP contribution in [-0.4, -0.2) is 38.2 Å². The zero-order valence-electron chi connectivity index (χ0n) is 12.7. The standard InChI is InChI=1S/C14H20N6O/c1-5-15-14(3,4)13(21)17-12-8-11(7-6-10(12)2)20-9-16-18-19-20/h6-9,15H,5H2,1-4H3,(H,17,21). The van der Waals surface area contributed by atoms with E-state index >= 15 is 0 Å². The van der Waals surface area contributed by atoms with E-state index in [0.717, 1.165) is 23.5 Å². The Kier molecular flexibility index (Phi) is 4.32. The monoisotopic (exact) mass is 288 g/mol. The second-order valence-corrected chi connectivity index (χ2v) is 5.36. The molecule has 0 atom stereocenters. The number of carbonyl (C=O) groups is 1. The summed E-state index contributed by atoms with van der Waals surface area (Å²) in [5.41, 5.74) is 1.89. The van der Waals surface area contributed by atoms with Gasteiger partial charge in [0.25, 0.3) is 0 Å². The molecule has 2 N–H and O–H groups in total. The number of aromatic nitrogens is 4. The minimum atomic E-state index is -0.633. The van der Waals surface area contributed by atoms with Crippen LogP contribution in [0.1, 0.15) is 26.3 Å². The van der Waals surface area contributed by atoms with Crippen LogP contribution in [-0.2, 0) is 4.79 Å². The highest BCUT2D eigenvalue weighted by atomic mass is 16.2. The molecule has 0 bridgehead atoms. The average Bonchev–Trinajstić information content (AvgIpc) is 2.95. The first kappa shape index (κ1) is 15.1. The van der Waals surface area contributed by atoms with E-state index < -0.39 is 5.54 Å². The lowest BCUT2D eigenvalue weighted by Gasteiger charge is -2.25. The van der Waals surface area contributed by atoms with E-state index in [0.29, 0.717) is 0 Å². The van der Waals surface area contributed by atoms with Crippen LogP contribution in [0.4, 0.5) is 5.69 Å². The zero-order valence-corrected chi connectivity index (χ0v) is 12.7. The van der Waals surface area contributed by atoms with Crippen molar-refractivity contribution in [2.75, 3.05) is 11.9 Å². The van der Waals surface area contributed by atoms with Crippen molar-refractivity contribution >= 4 is 11.6 Å². The number of carbonyl (C=O) groups excluding carboxylic acids is 1. The van der Waals surface area contributed by atoms with E-state index in [1.165, 1.54) is 6.33 Å². The van der Waals surface area contributed by atoms with Gasteiger partial charge in [-0.3, -0.25) is 4.79 Å². The van der Waals surface area contributed by atoms with Gasteiger partial charge in [-0.15, -0.1) is 5.10 Å². The zero-order chi connectivity index (χ0) is 15.5. The largest absolute Gasteiger partial charge is 0.324 e. The third kappa shape index (κ3) is 3.43. The number of benzene rings is 1. The lowest BCUT2D eigenvalue weighted by atomic mass is 10.0. The van der Waals surface area contributed by atoms with Gasteiger partial charge in [-0.25, -0.2) is 4.68 Å². The molecule has 0 fully saturated rings. The van der Waals surface area contributed by atoms with E-state index in [9.17, 15) is 4.79 Å². The van der Waals surface area contributed by atoms with Crippen molar-refractivity contribution in [3.05, 3.63) is 30.1 Å². The Morgan fingerprint density at radius 3 is 2.76 bits per heavy atom. The summed E-state index contributed by atoms with van der Waals surface area (Å²) < 4.78 is 1.55. The van der Waals surface area contributed by atoms with Crippen LogP contribution in [0.25, 0.3) is 5.69 Å². The number of hydrogen-bond donors (Lipinski definition) is 2. The van der Waals surface area contributed by atoms with Gasteiger partial charge in [0.15, 0.2) is 0 Å². The third-order valence-electron chi connectivity index (χ3n) is 3.27. The van der Waals surface area contributed by atoms with Crippen molar-refractivity contribution in [2.45, 2.75) is 33.2 Å². The number of amides is 1. The molecule has 0 aliphatic rings. The Balaban J connectivity index is 2.24. The van der Waals surface area contributed by atoms with E-state index in [1.54, 1.807) is 4.68 Å². The van der Waals surface area contributed by atoms with Crippen molar-refractivity contribution in [1.82, 2.24) is 25.5 Å². The van der Waals surface area contributed by atoms with Crippen LogP contribution in [0.15, 0.2) is 24.5 Å². The second-order valence-electron chi connectivity index (χ2n) is 5.36. The molecule has 1 aromatic carbocycles. The summed E-state index contributed by atoms with van der Waals surface area (Å²) in [6, 6.07) is 5.68. The molecule has 1 aromatic heterocycles. The van der Waals surface area contributed by atoms with Crippen LogP contribution in [0.5, 0.6) is 0 Å². The summed E-state index contributed by atoms with van der Waals surface area (Å²) in [6.07, 6.45) is 1.51.